The number of benzene rings is 1. The molecule has 0 bridgehead atoms. The van der Waals surface area contributed by atoms with Gasteiger partial charge >= 0.3 is 0 Å². The van der Waals surface area contributed by atoms with E-state index in [0.29, 0.717) is 5.92 Å². The van der Waals surface area contributed by atoms with Gasteiger partial charge in [0.05, 0.1) is 12.3 Å². The van der Waals surface area contributed by atoms with Crippen LogP contribution in [0.1, 0.15) is 38.4 Å². The van der Waals surface area contributed by atoms with Crippen LogP contribution in [0.2, 0.25) is 0 Å². The minimum absolute atomic E-state index is 0.656. The molecule has 0 aliphatic heterocycles. The van der Waals surface area contributed by atoms with Gasteiger partial charge in [-0.15, -0.1) is 0 Å². The van der Waals surface area contributed by atoms with E-state index in [-0.39, 0.29) is 0 Å². The molecule has 0 aliphatic rings. The van der Waals surface area contributed by atoms with Crippen LogP contribution in [-0.2, 0) is 6.54 Å². The highest BCUT2D eigenvalue weighted by Gasteiger charge is 2.12. The van der Waals surface area contributed by atoms with Crippen LogP contribution in [0.25, 0.3) is 11.3 Å². The number of nitrogens with one attached hydrogen (secondary N) is 2. The Bertz CT molecular complexity index is 590. The molecule has 1 aromatic heterocycles. The maximum Gasteiger partial charge on any atom is 0.119 e. The number of aromatic amines is 1. The molecule has 2 N–H and O–H groups in total. The second-order valence-corrected chi connectivity index (χ2v) is 6.01. The lowest BCUT2D eigenvalue weighted by atomic mass is 10.1. The van der Waals surface area contributed by atoms with Crippen molar-refractivity contribution >= 4 is 0 Å². The molecular formula is C18H27N3O. The van der Waals surface area contributed by atoms with E-state index in [2.05, 4.69) is 55.3 Å². The van der Waals surface area contributed by atoms with Crippen molar-refractivity contribution in [1.82, 2.24) is 15.5 Å². The van der Waals surface area contributed by atoms with E-state index < -0.39 is 0 Å². The normalized spacial score (nSPS) is 11.1. The van der Waals surface area contributed by atoms with Gasteiger partial charge in [0.2, 0.25) is 0 Å². The first-order valence-corrected chi connectivity index (χ1v) is 8.09. The van der Waals surface area contributed by atoms with Crippen LogP contribution in [-0.4, -0.2) is 23.3 Å². The molecule has 4 heteroatoms. The lowest BCUT2D eigenvalue weighted by Gasteiger charge is -2.10. The summed E-state index contributed by atoms with van der Waals surface area (Å²) >= 11 is 0. The maximum atomic E-state index is 5.85. The average molecular weight is 301 g/mol. The van der Waals surface area contributed by atoms with Gasteiger partial charge in [0.25, 0.3) is 0 Å². The van der Waals surface area contributed by atoms with Crippen molar-refractivity contribution in [2.45, 2.75) is 40.7 Å². The van der Waals surface area contributed by atoms with Crippen LogP contribution < -0.4 is 10.1 Å². The summed E-state index contributed by atoms with van der Waals surface area (Å²) < 4.78 is 5.85. The van der Waals surface area contributed by atoms with Gasteiger partial charge in [0, 0.05) is 23.4 Å². The zero-order valence-corrected chi connectivity index (χ0v) is 14.1. The first-order chi connectivity index (χ1) is 10.6. The summed E-state index contributed by atoms with van der Waals surface area (Å²) in [7, 11) is 0. The fourth-order valence-corrected chi connectivity index (χ4v) is 2.30. The number of nitrogens with zero attached hydrogens (tertiary/aromatic N) is 1. The summed E-state index contributed by atoms with van der Waals surface area (Å²) in [5.41, 5.74) is 4.44. The van der Waals surface area contributed by atoms with Gasteiger partial charge in [-0.2, -0.15) is 5.10 Å². The Morgan fingerprint density at radius 2 is 2.14 bits per heavy atom. The van der Waals surface area contributed by atoms with E-state index in [1.165, 1.54) is 5.56 Å². The SMILES string of the molecule is CCNCc1c(-c2cccc(OCCC(C)C)c2)n[nH]c1C. The molecule has 1 heterocycles. The van der Waals surface area contributed by atoms with Gasteiger partial charge in [-0.3, -0.25) is 5.10 Å². The molecule has 0 atom stereocenters. The van der Waals surface area contributed by atoms with Gasteiger partial charge in [-0.25, -0.2) is 0 Å². The molecule has 120 valence electrons. The quantitative estimate of drug-likeness (QED) is 0.777. The van der Waals surface area contributed by atoms with E-state index in [1.54, 1.807) is 0 Å². The van der Waals surface area contributed by atoms with Gasteiger partial charge in [-0.05, 0) is 37.9 Å². The minimum atomic E-state index is 0.656. The van der Waals surface area contributed by atoms with Crippen molar-refractivity contribution in [2.75, 3.05) is 13.2 Å². The molecule has 4 nitrogen and oxygen atoms in total. The Hall–Kier alpha value is -1.81. The van der Waals surface area contributed by atoms with Crippen molar-refractivity contribution in [3.63, 3.8) is 0 Å². The monoisotopic (exact) mass is 301 g/mol. The predicted octanol–water partition coefficient (Wildman–Crippen LogP) is 3.92. The van der Waals surface area contributed by atoms with E-state index in [9.17, 15) is 0 Å². The van der Waals surface area contributed by atoms with Crippen molar-refractivity contribution < 1.29 is 4.74 Å². The predicted molar refractivity (Wildman–Crippen MR) is 91.1 cm³/mol. The molecule has 0 spiro atoms. The Morgan fingerprint density at radius 1 is 1.32 bits per heavy atom. The first-order valence-electron chi connectivity index (χ1n) is 8.09. The molecule has 0 saturated heterocycles. The molecular weight excluding hydrogens is 274 g/mol. The van der Waals surface area contributed by atoms with E-state index in [4.69, 9.17) is 4.74 Å². The Kier molecular flexibility index (Phi) is 6.01. The van der Waals surface area contributed by atoms with Crippen LogP contribution in [0, 0.1) is 12.8 Å². The molecule has 0 fully saturated rings. The lowest BCUT2D eigenvalue weighted by Crippen LogP contribution is -2.12. The van der Waals surface area contributed by atoms with Crippen LogP contribution in [0.4, 0.5) is 0 Å². The van der Waals surface area contributed by atoms with Gasteiger partial charge in [-0.1, -0.05) is 32.9 Å². The van der Waals surface area contributed by atoms with Crippen molar-refractivity contribution in [3.05, 3.63) is 35.5 Å². The zero-order valence-electron chi connectivity index (χ0n) is 14.1. The van der Waals surface area contributed by atoms with Crippen molar-refractivity contribution in [1.29, 1.82) is 0 Å². The van der Waals surface area contributed by atoms with Crippen LogP contribution in [0.3, 0.4) is 0 Å². The molecule has 0 amide bonds. The number of hydrogen-bond acceptors (Lipinski definition) is 3. The Balaban J connectivity index is 2.15. The molecule has 2 rings (SSSR count). The van der Waals surface area contributed by atoms with Gasteiger partial charge in [0.15, 0.2) is 0 Å². The molecule has 0 aliphatic carbocycles. The molecule has 22 heavy (non-hydrogen) atoms. The van der Waals surface area contributed by atoms with E-state index in [1.807, 2.05) is 12.1 Å². The largest absolute Gasteiger partial charge is 0.494 e. The number of hydrogen-bond donors (Lipinski definition) is 2. The standard InChI is InChI=1S/C18H27N3O/c1-5-19-12-17-14(4)20-21-18(17)15-7-6-8-16(11-15)22-10-9-13(2)3/h6-8,11,13,19H,5,9-10,12H2,1-4H3,(H,20,21). The van der Waals surface area contributed by atoms with Crippen molar-refractivity contribution in [3.8, 4) is 17.0 Å². The van der Waals surface area contributed by atoms with Gasteiger partial charge in [0.1, 0.15) is 5.75 Å². The summed E-state index contributed by atoms with van der Waals surface area (Å²) in [5, 5.41) is 10.9. The first kappa shape index (κ1) is 16.6. The molecule has 0 radical (unpaired) electrons. The summed E-state index contributed by atoms with van der Waals surface area (Å²) in [5.74, 6) is 1.57. The molecule has 0 saturated carbocycles. The third-order valence-electron chi connectivity index (χ3n) is 3.70. The third-order valence-corrected chi connectivity index (χ3v) is 3.70. The van der Waals surface area contributed by atoms with Crippen LogP contribution >= 0.6 is 0 Å². The molecule has 1 aromatic carbocycles. The number of ether oxygens (including phenoxy) is 1. The smallest absolute Gasteiger partial charge is 0.119 e. The Labute approximate surface area is 133 Å². The van der Waals surface area contributed by atoms with Crippen LogP contribution in [0.5, 0.6) is 5.75 Å². The lowest BCUT2D eigenvalue weighted by molar-refractivity contribution is 0.289. The summed E-state index contributed by atoms with van der Waals surface area (Å²) in [4.78, 5) is 0. The second kappa shape index (κ2) is 7.99. The number of aromatic nitrogens is 2. The zero-order chi connectivity index (χ0) is 15.9. The fourth-order valence-electron chi connectivity index (χ4n) is 2.30. The second-order valence-electron chi connectivity index (χ2n) is 6.01. The molecule has 2 aromatic rings. The maximum absolute atomic E-state index is 5.85. The summed E-state index contributed by atoms with van der Waals surface area (Å²) in [6.07, 6.45) is 1.07. The minimum Gasteiger partial charge on any atom is -0.494 e. The van der Waals surface area contributed by atoms with Crippen molar-refractivity contribution in [2.24, 2.45) is 5.92 Å². The summed E-state index contributed by atoms with van der Waals surface area (Å²) in [6.45, 7) is 11.1. The average Bonchev–Trinajstić information content (AvgIpc) is 2.86. The third kappa shape index (κ3) is 4.34. The highest BCUT2D eigenvalue weighted by Crippen LogP contribution is 2.27. The fraction of sp³-hybridized carbons (Fsp3) is 0.500. The van der Waals surface area contributed by atoms with Gasteiger partial charge < -0.3 is 10.1 Å². The number of H-pyrrole nitrogens is 1. The highest BCUT2D eigenvalue weighted by molar-refractivity contribution is 5.65. The van der Waals surface area contributed by atoms with E-state index in [0.717, 1.165) is 48.8 Å². The summed E-state index contributed by atoms with van der Waals surface area (Å²) in [6, 6.07) is 8.19. The topological polar surface area (TPSA) is 49.9 Å². The molecule has 0 unspecified atom stereocenters. The number of aryl methyl sites for hydroxylation is 1. The highest BCUT2D eigenvalue weighted by atomic mass is 16.5. The van der Waals surface area contributed by atoms with Crippen LogP contribution in [0.15, 0.2) is 24.3 Å². The van der Waals surface area contributed by atoms with E-state index >= 15 is 0 Å². The Morgan fingerprint density at radius 3 is 2.86 bits per heavy atom. The number of rotatable bonds is 8.